The molecule has 1 aromatic heterocycles. The standard InChI is InChI=1S/C19H24N4O2/c1-25-18-13-15(9-10-20-18)14-21-19(24)22-16-5-7-17(8-6-16)23-11-3-2-4-12-23/h5-10,13H,2-4,11-12,14H2,1H3,(H2,21,22,24). The fraction of sp³-hybridized carbons (Fsp3) is 0.368. The van der Waals surface area contributed by atoms with Gasteiger partial charge in [0.25, 0.3) is 0 Å². The van der Waals surface area contributed by atoms with Crippen molar-refractivity contribution in [1.29, 1.82) is 0 Å². The predicted molar refractivity (Wildman–Crippen MR) is 99.2 cm³/mol. The van der Waals surface area contributed by atoms with Crippen LogP contribution in [0.4, 0.5) is 16.2 Å². The van der Waals surface area contributed by atoms with Crippen LogP contribution in [0.15, 0.2) is 42.6 Å². The number of amides is 2. The molecule has 0 radical (unpaired) electrons. The fourth-order valence-electron chi connectivity index (χ4n) is 2.94. The lowest BCUT2D eigenvalue weighted by molar-refractivity contribution is 0.251. The van der Waals surface area contributed by atoms with Crippen LogP contribution in [0, 0.1) is 0 Å². The van der Waals surface area contributed by atoms with Crippen LogP contribution in [0.3, 0.4) is 0 Å². The first kappa shape index (κ1) is 17.1. The van der Waals surface area contributed by atoms with E-state index in [1.54, 1.807) is 19.4 Å². The number of methoxy groups -OCH3 is 1. The number of hydrogen-bond acceptors (Lipinski definition) is 4. The average molecular weight is 340 g/mol. The molecule has 2 amide bonds. The first-order chi connectivity index (χ1) is 12.2. The highest BCUT2D eigenvalue weighted by Gasteiger charge is 2.11. The summed E-state index contributed by atoms with van der Waals surface area (Å²) >= 11 is 0. The third-order valence-corrected chi connectivity index (χ3v) is 4.31. The Kier molecular flexibility index (Phi) is 5.72. The second-order valence-corrected chi connectivity index (χ2v) is 6.11. The number of pyridine rings is 1. The third-order valence-electron chi connectivity index (χ3n) is 4.31. The number of ether oxygens (including phenoxy) is 1. The van der Waals surface area contributed by atoms with E-state index in [-0.39, 0.29) is 6.03 Å². The number of piperidine rings is 1. The van der Waals surface area contributed by atoms with Crippen LogP contribution >= 0.6 is 0 Å². The number of rotatable bonds is 5. The fourth-order valence-corrected chi connectivity index (χ4v) is 2.94. The smallest absolute Gasteiger partial charge is 0.319 e. The van der Waals surface area contributed by atoms with E-state index in [1.165, 1.54) is 24.9 Å². The van der Waals surface area contributed by atoms with Crippen molar-refractivity contribution in [2.45, 2.75) is 25.8 Å². The first-order valence-corrected chi connectivity index (χ1v) is 8.63. The lowest BCUT2D eigenvalue weighted by atomic mass is 10.1. The molecule has 2 aromatic rings. The molecule has 1 aliphatic rings. The summed E-state index contributed by atoms with van der Waals surface area (Å²) in [6.45, 7) is 2.64. The molecule has 0 bridgehead atoms. The molecular weight excluding hydrogens is 316 g/mol. The lowest BCUT2D eigenvalue weighted by Crippen LogP contribution is -2.29. The summed E-state index contributed by atoms with van der Waals surface area (Å²) in [7, 11) is 1.57. The van der Waals surface area contributed by atoms with Crippen LogP contribution in [0.25, 0.3) is 0 Å². The predicted octanol–water partition coefficient (Wildman–Crippen LogP) is 3.40. The van der Waals surface area contributed by atoms with Crippen molar-refractivity contribution >= 4 is 17.4 Å². The largest absolute Gasteiger partial charge is 0.481 e. The van der Waals surface area contributed by atoms with Crippen molar-refractivity contribution in [1.82, 2.24) is 10.3 Å². The zero-order valence-electron chi connectivity index (χ0n) is 14.5. The van der Waals surface area contributed by atoms with Crippen LogP contribution < -0.4 is 20.3 Å². The van der Waals surface area contributed by atoms with Crippen LogP contribution in [-0.4, -0.2) is 31.2 Å². The summed E-state index contributed by atoms with van der Waals surface area (Å²) in [5, 5.41) is 5.69. The number of nitrogens with zero attached hydrogens (tertiary/aromatic N) is 2. The van der Waals surface area contributed by atoms with Gasteiger partial charge in [0.15, 0.2) is 0 Å². The Bertz CT molecular complexity index is 697. The number of carbonyl (C=O) groups excluding carboxylic acids is 1. The molecule has 2 heterocycles. The number of anilines is 2. The maximum atomic E-state index is 12.0. The van der Waals surface area contributed by atoms with Crippen molar-refractivity contribution in [2.75, 3.05) is 30.4 Å². The van der Waals surface area contributed by atoms with Gasteiger partial charge in [-0.05, 0) is 55.2 Å². The highest BCUT2D eigenvalue weighted by Crippen LogP contribution is 2.21. The van der Waals surface area contributed by atoms with Gasteiger partial charge in [-0.2, -0.15) is 0 Å². The minimum atomic E-state index is -0.235. The van der Waals surface area contributed by atoms with Gasteiger partial charge in [-0.3, -0.25) is 0 Å². The number of nitrogens with one attached hydrogen (secondary N) is 2. The molecule has 2 N–H and O–H groups in total. The zero-order valence-corrected chi connectivity index (χ0v) is 14.5. The van der Waals surface area contributed by atoms with Gasteiger partial charge in [-0.1, -0.05) is 0 Å². The molecule has 3 rings (SSSR count). The number of hydrogen-bond donors (Lipinski definition) is 2. The average Bonchev–Trinajstić information content (AvgIpc) is 2.68. The zero-order chi connectivity index (χ0) is 17.5. The molecule has 0 unspecified atom stereocenters. The molecule has 25 heavy (non-hydrogen) atoms. The van der Waals surface area contributed by atoms with Gasteiger partial charge in [0.2, 0.25) is 5.88 Å². The van der Waals surface area contributed by atoms with Gasteiger partial charge in [0, 0.05) is 43.3 Å². The quantitative estimate of drug-likeness (QED) is 0.875. The Morgan fingerprint density at radius 3 is 2.64 bits per heavy atom. The van der Waals surface area contributed by atoms with E-state index in [1.807, 2.05) is 18.2 Å². The number of aromatic nitrogens is 1. The summed E-state index contributed by atoms with van der Waals surface area (Å²) in [6, 6.07) is 11.4. The maximum absolute atomic E-state index is 12.0. The molecule has 6 heteroatoms. The molecule has 0 saturated carbocycles. The van der Waals surface area contributed by atoms with Crippen molar-refractivity contribution in [2.24, 2.45) is 0 Å². The van der Waals surface area contributed by atoms with E-state index in [4.69, 9.17) is 4.74 Å². The van der Waals surface area contributed by atoms with Crippen molar-refractivity contribution in [3.05, 3.63) is 48.2 Å². The van der Waals surface area contributed by atoms with Crippen LogP contribution in [0.2, 0.25) is 0 Å². The molecule has 0 spiro atoms. The number of carbonyl (C=O) groups is 1. The number of benzene rings is 1. The third kappa shape index (κ3) is 4.86. The second-order valence-electron chi connectivity index (χ2n) is 6.11. The van der Waals surface area contributed by atoms with E-state index < -0.39 is 0 Å². The first-order valence-electron chi connectivity index (χ1n) is 8.63. The monoisotopic (exact) mass is 340 g/mol. The summed E-state index contributed by atoms with van der Waals surface area (Å²) in [5.41, 5.74) is 2.93. The molecule has 0 atom stereocenters. The summed E-state index contributed by atoms with van der Waals surface area (Å²) in [6.07, 6.45) is 5.48. The molecule has 1 aliphatic heterocycles. The maximum Gasteiger partial charge on any atom is 0.319 e. The molecule has 1 aromatic carbocycles. The van der Waals surface area contributed by atoms with E-state index in [2.05, 4.69) is 32.7 Å². The van der Waals surface area contributed by atoms with E-state index in [0.717, 1.165) is 24.3 Å². The molecule has 1 fully saturated rings. The SMILES string of the molecule is COc1cc(CNC(=O)Nc2ccc(N3CCCCC3)cc2)ccn1. The van der Waals surface area contributed by atoms with E-state index in [0.29, 0.717) is 12.4 Å². The van der Waals surface area contributed by atoms with Crippen molar-refractivity contribution in [3.63, 3.8) is 0 Å². The molecular formula is C19H24N4O2. The highest BCUT2D eigenvalue weighted by atomic mass is 16.5. The van der Waals surface area contributed by atoms with Gasteiger partial charge in [-0.15, -0.1) is 0 Å². The summed E-state index contributed by atoms with van der Waals surface area (Å²) in [5.74, 6) is 0.535. The number of urea groups is 1. The molecule has 0 aliphatic carbocycles. The molecule has 6 nitrogen and oxygen atoms in total. The minimum absolute atomic E-state index is 0.235. The Hall–Kier alpha value is -2.76. The summed E-state index contributed by atoms with van der Waals surface area (Å²) in [4.78, 5) is 18.5. The minimum Gasteiger partial charge on any atom is -0.481 e. The van der Waals surface area contributed by atoms with Crippen LogP contribution in [0.5, 0.6) is 5.88 Å². The van der Waals surface area contributed by atoms with Gasteiger partial charge in [-0.25, -0.2) is 9.78 Å². The van der Waals surface area contributed by atoms with Crippen LogP contribution in [-0.2, 0) is 6.54 Å². The Labute approximate surface area is 148 Å². The second kappa shape index (κ2) is 8.37. The van der Waals surface area contributed by atoms with Crippen molar-refractivity contribution in [3.8, 4) is 5.88 Å². The molecule has 132 valence electrons. The molecule has 1 saturated heterocycles. The van der Waals surface area contributed by atoms with Crippen molar-refractivity contribution < 1.29 is 9.53 Å². The van der Waals surface area contributed by atoms with E-state index >= 15 is 0 Å². The van der Waals surface area contributed by atoms with E-state index in [9.17, 15) is 4.79 Å². The Balaban J connectivity index is 1.50. The summed E-state index contributed by atoms with van der Waals surface area (Å²) < 4.78 is 5.08. The lowest BCUT2D eigenvalue weighted by Gasteiger charge is -2.28. The Morgan fingerprint density at radius 1 is 1.16 bits per heavy atom. The van der Waals surface area contributed by atoms with Gasteiger partial charge in [0.1, 0.15) is 0 Å². The van der Waals surface area contributed by atoms with Gasteiger partial charge < -0.3 is 20.3 Å². The Morgan fingerprint density at radius 2 is 1.92 bits per heavy atom. The van der Waals surface area contributed by atoms with Gasteiger partial charge >= 0.3 is 6.03 Å². The van der Waals surface area contributed by atoms with Gasteiger partial charge in [0.05, 0.1) is 7.11 Å². The van der Waals surface area contributed by atoms with Crippen LogP contribution in [0.1, 0.15) is 24.8 Å². The normalized spacial score (nSPS) is 14.0. The topological polar surface area (TPSA) is 66.5 Å². The highest BCUT2D eigenvalue weighted by molar-refractivity contribution is 5.89.